The van der Waals surface area contributed by atoms with Crippen LogP contribution in [-0.2, 0) is 20.8 Å². The molecular formula is C24H29N3O3S. The number of carbonyl (C=O) groups excluding carboxylic acids is 3. The number of fused-ring (bicyclic) bond motifs is 2. The van der Waals surface area contributed by atoms with E-state index < -0.39 is 0 Å². The van der Waals surface area contributed by atoms with Gasteiger partial charge in [-0.3, -0.25) is 14.4 Å². The van der Waals surface area contributed by atoms with Gasteiger partial charge in [-0.25, -0.2) is 4.98 Å². The fourth-order valence-electron chi connectivity index (χ4n) is 4.76. The Morgan fingerprint density at radius 2 is 1.84 bits per heavy atom. The van der Waals surface area contributed by atoms with Crippen molar-refractivity contribution < 1.29 is 14.4 Å². The van der Waals surface area contributed by atoms with Gasteiger partial charge in [-0.15, -0.1) is 11.3 Å². The first-order valence-electron chi connectivity index (χ1n) is 11.1. The van der Waals surface area contributed by atoms with Gasteiger partial charge in [-0.1, -0.05) is 30.7 Å². The Morgan fingerprint density at radius 3 is 2.52 bits per heavy atom. The summed E-state index contributed by atoms with van der Waals surface area (Å²) in [5.74, 6) is 0.447. The van der Waals surface area contributed by atoms with Crippen LogP contribution in [0.3, 0.4) is 0 Å². The van der Waals surface area contributed by atoms with Gasteiger partial charge in [-0.2, -0.15) is 0 Å². The van der Waals surface area contributed by atoms with Gasteiger partial charge in [-0.05, 0) is 44.1 Å². The standard InChI is InChI=1S/C24H29N3O3S/c1-15(28)25-11-3-4-16-7-9-17(10-8-16)21-14-31-24(26-21)27-23(30)20-12-18-5-2-6-19(13-20)22(18)29/h7-10,14,18-20H,2-6,11-13H2,1H3,(H,25,28)(H,26,27,30)/t18-,19+,20?. The largest absolute Gasteiger partial charge is 0.356 e. The Kier molecular flexibility index (Phi) is 6.80. The van der Waals surface area contributed by atoms with E-state index in [1.165, 1.54) is 23.8 Å². The molecule has 1 aromatic heterocycles. The van der Waals surface area contributed by atoms with Crippen LogP contribution >= 0.6 is 11.3 Å². The second-order valence-electron chi connectivity index (χ2n) is 8.71. The predicted octanol–water partition coefficient (Wildman–Crippen LogP) is 4.21. The molecule has 2 aliphatic carbocycles. The highest BCUT2D eigenvalue weighted by Gasteiger charge is 2.41. The summed E-state index contributed by atoms with van der Waals surface area (Å²) in [6, 6.07) is 8.25. The van der Waals surface area contributed by atoms with Gasteiger partial charge < -0.3 is 10.6 Å². The fraction of sp³-hybridized carbons (Fsp3) is 0.500. The summed E-state index contributed by atoms with van der Waals surface area (Å²) in [4.78, 5) is 40.6. The zero-order chi connectivity index (χ0) is 21.8. The second kappa shape index (κ2) is 9.73. The molecule has 31 heavy (non-hydrogen) atoms. The van der Waals surface area contributed by atoms with Crippen molar-refractivity contribution in [2.45, 2.75) is 51.9 Å². The third-order valence-corrected chi connectivity index (χ3v) is 7.18. The fourth-order valence-corrected chi connectivity index (χ4v) is 5.49. The molecule has 4 rings (SSSR count). The Hall–Kier alpha value is -2.54. The van der Waals surface area contributed by atoms with Crippen LogP contribution in [0.1, 0.15) is 51.0 Å². The number of aromatic nitrogens is 1. The molecule has 1 aromatic carbocycles. The highest BCUT2D eigenvalue weighted by molar-refractivity contribution is 7.14. The maximum absolute atomic E-state index is 12.8. The molecule has 2 fully saturated rings. The molecule has 0 radical (unpaired) electrons. The van der Waals surface area contributed by atoms with E-state index in [9.17, 15) is 14.4 Å². The van der Waals surface area contributed by atoms with Crippen molar-refractivity contribution in [1.29, 1.82) is 0 Å². The van der Waals surface area contributed by atoms with E-state index in [0.717, 1.165) is 43.4 Å². The molecule has 2 amide bonds. The van der Waals surface area contributed by atoms with E-state index in [-0.39, 0.29) is 29.6 Å². The average molecular weight is 440 g/mol. The van der Waals surface area contributed by atoms with Crippen molar-refractivity contribution >= 4 is 34.1 Å². The van der Waals surface area contributed by atoms with E-state index in [2.05, 4.69) is 27.8 Å². The summed E-state index contributed by atoms with van der Waals surface area (Å²) < 4.78 is 0. The number of rotatable bonds is 7. The minimum Gasteiger partial charge on any atom is -0.356 e. The van der Waals surface area contributed by atoms with E-state index >= 15 is 0 Å². The molecule has 164 valence electrons. The van der Waals surface area contributed by atoms with Crippen molar-refractivity contribution in [2.24, 2.45) is 17.8 Å². The number of hydrogen-bond acceptors (Lipinski definition) is 5. The smallest absolute Gasteiger partial charge is 0.229 e. The molecule has 2 saturated carbocycles. The van der Waals surface area contributed by atoms with Gasteiger partial charge in [0.25, 0.3) is 0 Å². The van der Waals surface area contributed by atoms with Crippen LogP contribution in [0.25, 0.3) is 11.3 Å². The lowest BCUT2D eigenvalue weighted by Crippen LogP contribution is -2.40. The summed E-state index contributed by atoms with van der Waals surface area (Å²) in [5.41, 5.74) is 3.08. The van der Waals surface area contributed by atoms with Crippen molar-refractivity contribution in [1.82, 2.24) is 10.3 Å². The lowest BCUT2D eigenvalue weighted by atomic mass is 9.67. The van der Waals surface area contributed by atoms with Crippen LogP contribution in [0.4, 0.5) is 5.13 Å². The number of nitrogens with one attached hydrogen (secondary N) is 2. The van der Waals surface area contributed by atoms with Gasteiger partial charge in [0.05, 0.1) is 5.69 Å². The van der Waals surface area contributed by atoms with Gasteiger partial charge in [0.1, 0.15) is 5.78 Å². The van der Waals surface area contributed by atoms with E-state index in [1.807, 2.05) is 17.5 Å². The van der Waals surface area contributed by atoms with Gasteiger partial charge in [0.15, 0.2) is 5.13 Å². The molecule has 0 spiro atoms. The van der Waals surface area contributed by atoms with Crippen LogP contribution in [-0.4, -0.2) is 29.1 Å². The Morgan fingerprint density at radius 1 is 1.13 bits per heavy atom. The third kappa shape index (κ3) is 5.39. The van der Waals surface area contributed by atoms with Gasteiger partial charge >= 0.3 is 0 Å². The topological polar surface area (TPSA) is 88.2 Å². The van der Waals surface area contributed by atoms with Crippen molar-refractivity contribution in [3.05, 3.63) is 35.2 Å². The van der Waals surface area contributed by atoms with E-state index in [0.29, 0.717) is 30.3 Å². The monoisotopic (exact) mass is 439 g/mol. The maximum Gasteiger partial charge on any atom is 0.229 e. The number of amides is 2. The normalized spacial score (nSPS) is 22.7. The molecule has 3 atom stereocenters. The molecule has 1 unspecified atom stereocenters. The zero-order valence-electron chi connectivity index (χ0n) is 17.9. The van der Waals surface area contributed by atoms with Crippen LogP contribution in [0.2, 0.25) is 0 Å². The number of Topliss-reactive ketones (excluding diaryl/α,β-unsaturated/α-hetero) is 1. The number of carbonyl (C=O) groups is 3. The first-order chi connectivity index (χ1) is 15.0. The number of benzene rings is 1. The van der Waals surface area contributed by atoms with Crippen molar-refractivity contribution in [2.75, 3.05) is 11.9 Å². The molecule has 0 aliphatic heterocycles. The highest BCUT2D eigenvalue weighted by atomic mass is 32.1. The summed E-state index contributed by atoms with van der Waals surface area (Å²) in [6.07, 6.45) is 6.16. The second-order valence-corrected chi connectivity index (χ2v) is 9.56. The van der Waals surface area contributed by atoms with Gasteiger partial charge in [0, 0.05) is 42.2 Å². The molecule has 2 aromatic rings. The number of aryl methyl sites for hydroxylation is 1. The average Bonchev–Trinajstić information content (AvgIpc) is 3.19. The summed E-state index contributed by atoms with van der Waals surface area (Å²) in [5, 5.41) is 8.36. The first kappa shape index (κ1) is 21.7. The van der Waals surface area contributed by atoms with Crippen LogP contribution in [0.5, 0.6) is 0 Å². The zero-order valence-corrected chi connectivity index (χ0v) is 18.7. The number of thiazole rings is 1. The molecular weight excluding hydrogens is 410 g/mol. The Balaban J connectivity index is 1.31. The van der Waals surface area contributed by atoms with Gasteiger partial charge in [0.2, 0.25) is 11.8 Å². The molecule has 2 bridgehead atoms. The number of ketones is 1. The first-order valence-corrected chi connectivity index (χ1v) is 12.0. The number of hydrogen-bond donors (Lipinski definition) is 2. The lowest BCUT2D eigenvalue weighted by molar-refractivity contribution is -0.136. The quantitative estimate of drug-likeness (QED) is 0.633. The molecule has 7 heteroatoms. The van der Waals surface area contributed by atoms with Crippen molar-refractivity contribution in [3.8, 4) is 11.3 Å². The van der Waals surface area contributed by atoms with Crippen LogP contribution in [0.15, 0.2) is 29.6 Å². The number of anilines is 1. The number of nitrogens with zero attached hydrogens (tertiary/aromatic N) is 1. The highest BCUT2D eigenvalue weighted by Crippen LogP contribution is 2.40. The molecule has 2 N–H and O–H groups in total. The summed E-state index contributed by atoms with van der Waals surface area (Å²) in [7, 11) is 0. The molecule has 0 saturated heterocycles. The third-order valence-electron chi connectivity index (χ3n) is 6.42. The Labute approximate surface area is 186 Å². The maximum atomic E-state index is 12.8. The lowest BCUT2D eigenvalue weighted by Gasteiger charge is -2.36. The van der Waals surface area contributed by atoms with Crippen LogP contribution in [0, 0.1) is 17.8 Å². The summed E-state index contributed by atoms with van der Waals surface area (Å²) in [6.45, 7) is 2.21. The minimum absolute atomic E-state index is 0.000168. The SMILES string of the molecule is CC(=O)NCCCc1ccc(-c2csc(NC(=O)C3C[C@H]4CCC[C@@H](C3)C4=O)n2)cc1. The predicted molar refractivity (Wildman–Crippen MR) is 122 cm³/mol. The summed E-state index contributed by atoms with van der Waals surface area (Å²) >= 11 is 1.43. The Bertz CT molecular complexity index is 937. The van der Waals surface area contributed by atoms with E-state index in [4.69, 9.17) is 0 Å². The molecule has 1 heterocycles. The molecule has 2 aliphatic rings. The minimum atomic E-state index is -0.0860. The van der Waals surface area contributed by atoms with Crippen molar-refractivity contribution in [3.63, 3.8) is 0 Å². The molecule has 6 nitrogen and oxygen atoms in total. The van der Waals surface area contributed by atoms with E-state index in [1.54, 1.807) is 0 Å². The van der Waals surface area contributed by atoms with Crippen LogP contribution < -0.4 is 10.6 Å².